The van der Waals surface area contributed by atoms with Gasteiger partial charge in [0, 0.05) is 31.8 Å². The molecule has 0 amide bonds. The minimum Gasteiger partial charge on any atom is -0.396 e. The van der Waals surface area contributed by atoms with E-state index in [0.29, 0.717) is 18.6 Å². The lowest BCUT2D eigenvalue weighted by Gasteiger charge is -2.42. The highest BCUT2D eigenvalue weighted by molar-refractivity contribution is 4.93. The molecule has 2 N–H and O–H groups in total. The Morgan fingerprint density at radius 1 is 1.26 bits per heavy atom. The minimum absolute atomic E-state index is 0.346. The van der Waals surface area contributed by atoms with Crippen molar-refractivity contribution in [1.82, 2.24) is 10.2 Å². The zero-order valence-corrected chi connectivity index (χ0v) is 12.8. The molecule has 112 valence electrons. The maximum Gasteiger partial charge on any atom is 0.0434 e. The zero-order valence-electron chi connectivity index (χ0n) is 12.8. The van der Waals surface area contributed by atoms with Gasteiger partial charge in [0.1, 0.15) is 0 Å². The second-order valence-corrected chi connectivity index (χ2v) is 6.53. The summed E-state index contributed by atoms with van der Waals surface area (Å²) in [7, 11) is 0. The number of rotatable bonds is 8. The molecule has 3 nitrogen and oxygen atoms in total. The van der Waals surface area contributed by atoms with Gasteiger partial charge in [-0.05, 0) is 56.9 Å². The predicted octanol–water partition coefficient (Wildman–Crippen LogP) is 2.25. The smallest absolute Gasteiger partial charge is 0.0434 e. The van der Waals surface area contributed by atoms with E-state index >= 15 is 0 Å². The highest BCUT2D eigenvalue weighted by atomic mass is 16.3. The number of aliphatic hydroxyl groups excluding tert-OH is 1. The number of piperidine rings is 1. The van der Waals surface area contributed by atoms with Crippen LogP contribution in [0.1, 0.15) is 52.4 Å². The van der Waals surface area contributed by atoms with Crippen molar-refractivity contribution in [2.75, 3.05) is 26.2 Å². The van der Waals surface area contributed by atoms with Crippen LogP contribution in [0.3, 0.4) is 0 Å². The Morgan fingerprint density at radius 3 is 2.63 bits per heavy atom. The molecule has 0 aromatic heterocycles. The summed E-state index contributed by atoms with van der Waals surface area (Å²) in [5, 5.41) is 13.0. The topological polar surface area (TPSA) is 35.5 Å². The fraction of sp³-hybridized carbons (Fsp3) is 1.00. The number of hydrogen-bond donors (Lipinski definition) is 2. The largest absolute Gasteiger partial charge is 0.396 e. The van der Waals surface area contributed by atoms with Crippen LogP contribution in [0.2, 0.25) is 0 Å². The first-order valence-electron chi connectivity index (χ1n) is 8.36. The number of hydrogen-bond acceptors (Lipinski definition) is 3. The lowest BCUT2D eigenvalue weighted by molar-refractivity contribution is 0.0733. The SMILES string of the molecule is CCCNC1CC(CCO)CN(C(CC)C2CC2)C1. The Morgan fingerprint density at radius 2 is 2.05 bits per heavy atom. The van der Waals surface area contributed by atoms with Gasteiger partial charge in [0.25, 0.3) is 0 Å². The van der Waals surface area contributed by atoms with Gasteiger partial charge < -0.3 is 10.4 Å². The van der Waals surface area contributed by atoms with E-state index in [4.69, 9.17) is 0 Å². The van der Waals surface area contributed by atoms with Crippen molar-refractivity contribution in [3.8, 4) is 0 Å². The van der Waals surface area contributed by atoms with Gasteiger partial charge in [-0.2, -0.15) is 0 Å². The Bertz CT molecular complexity index is 255. The summed E-state index contributed by atoms with van der Waals surface area (Å²) >= 11 is 0. The van der Waals surface area contributed by atoms with Gasteiger partial charge in [0.2, 0.25) is 0 Å². The summed E-state index contributed by atoms with van der Waals surface area (Å²) in [6.07, 6.45) is 7.59. The summed E-state index contributed by atoms with van der Waals surface area (Å²) in [6, 6.07) is 1.44. The second kappa shape index (κ2) is 7.61. The van der Waals surface area contributed by atoms with Crippen LogP contribution >= 0.6 is 0 Å². The van der Waals surface area contributed by atoms with Gasteiger partial charge in [0.15, 0.2) is 0 Å². The quantitative estimate of drug-likeness (QED) is 0.709. The van der Waals surface area contributed by atoms with Crippen LogP contribution in [0.15, 0.2) is 0 Å². The van der Waals surface area contributed by atoms with Gasteiger partial charge in [0.05, 0.1) is 0 Å². The van der Waals surface area contributed by atoms with Crippen LogP contribution in [-0.4, -0.2) is 48.3 Å². The lowest BCUT2D eigenvalue weighted by atomic mass is 9.89. The van der Waals surface area contributed by atoms with Crippen LogP contribution in [0.4, 0.5) is 0 Å². The Labute approximate surface area is 118 Å². The normalized spacial score (nSPS) is 30.5. The molecule has 19 heavy (non-hydrogen) atoms. The number of nitrogens with one attached hydrogen (secondary N) is 1. The Kier molecular flexibility index (Phi) is 6.11. The molecule has 3 atom stereocenters. The molecule has 3 heteroatoms. The van der Waals surface area contributed by atoms with E-state index in [1.807, 2.05) is 0 Å². The number of nitrogens with zero attached hydrogens (tertiary/aromatic N) is 1. The van der Waals surface area contributed by atoms with Crippen molar-refractivity contribution >= 4 is 0 Å². The van der Waals surface area contributed by atoms with Crippen molar-refractivity contribution in [2.45, 2.75) is 64.5 Å². The highest BCUT2D eigenvalue weighted by Gasteiger charge is 2.37. The van der Waals surface area contributed by atoms with E-state index in [-0.39, 0.29) is 0 Å². The van der Waals surface area contributed by atoms with Crippen molar-refractivity contribution in [3.05, 3.63) is 0 Å². The number of likely N-dealkylation sites (tertiary alicyclic amines) is 1. The molecular formula is C16H32N2O. The molecular weight excluding hydrogens is 236 g/mol. The third-order valence-electron chi connectivity index (χ3n) is 4.84. The summed E-state index contributed by atoms with van der Waals surface area (Å²) < 4.78 is 0. The van der Waals surface area contributed by atoms with Crippen molar-refractivity contribution in [3.63, 3.8) is 0 Å². The second-order valence-electron chi connectivity index (χ2n) is 6.53. The Hall–Kier alpha value is -0.120. The van der Waals surface area contributed by atoms with E-state index in [1.165, 1.54) is 45.2 Å². The van der Waals surface area contributed by atoms with Gasteiger partial charge >= 0.3 is 0 Å². The molecule has 0 aromatic carbocycles. The van der Waals surface area contributed by atoms with Gasteiger partial charge in [-0.1, -0.05) is 13.8 Å². The average Bonchev–Trinajstić information content (AvgIpc) is 3.22. The van der Waals surface area contributed by atoms with E-state index < -0.39 is 0 Å². The summed E-state index contributed by atoms with van der Waals surface area (Å²) in [6.45, 7) is 8.48. The van der Waals surface area contributed by atoms with Gasteiger partial charge in [-0.25, -0.2) is 0 Å². The first-order valence-corrected chi connectivity index (χ1v) is 8.36. The maximum atomic E-state index is 9.25. The van der Waals surface area contributed by atoms with E-state index in [2.05, 4.69) is 24.1 Å². The van der Waals surface area contributed by atoms with E-state index in [0.717, 1.165) is 24.9 Å². The van der Waals surface area contributed by atoms with Gasteiger partial charge in [-0.3, -0.25) is 4.90 Å². The fourth-order valence-electron chi connectivity index (χ4n) is 3.77. The van der Waals surface area contributed by atoms with Gasteiger partial charge in [-0.15, -0.1) is 0 Å². The van der Waals surface area contributed by atoms with Crippen molar-refractivity contribution in [2.24, 2.45) is 11.8 Å². The highest BCUT2D eigenvalue weighted by Crippen LogP contribution is 2.38. The van der Waals surface area contributed by atoms with Crippen LogP contribution in [0, 0.1) is 11.8 Å². The first-order chi connectivity index (χ1) is 9.28. The van der Waals surface area contributed by atoms with Crippen LogP contribution < -0.4 is 5.32 Å². The van der Waals surface area contributed by atoms with Crippen molar-refractivity contribution in [1.29, 1.82) is 0 Å². The Balaban J connectivity index is 1.92. The molecule has 1 saturated heterocycles. The molecule has 2 rings (SSSR count). The third-order valence-corrected chi connectivity index (χ3v) is 4.84. The molecule has 1 saturated carbocycles. The zero-order chi connectivity index (χ0) is 13.7. The van der Waals surface area contributed by atoms with E-state index in [9.17, 15) is 5.11 Å². The first kappa shape index (κ1) is 15.3. The fourth-order valence-corrected chi connectivity index (χ4v) is 3.77. The monoisotopic (exact) mass is 268 g/mol. The van der Waals surface area contributed by atoms with Crippen LogP contribution in [0.25, 0.3) is 0 Å². The minimum atomic E-state index is 0.346. The molecule has 1 heterocycles. The molecule has 1 aliphatic heterocycles. The molecule has 0 radical (unpaired) electrons. The summed E-state index contributed by atoms with van der Waals surface area (Å²) in [5.41, 5.74) is 0. The maximum absolute atomic E-state index is 9.25. The molecule has 2 fully saturated rings. The summed E-state index contributed by atoms with van der Waals surface area (Å²) in [4.78, 5) is 2.73. The molecule has 1 aliphatic carbocycles. The lowest BCUT2D eigenvalue weighted by Crippen LogP contribution is -2.53. The molecule has 0 spiro atoms. The summed E-state index contributed by atoms with van der Waals surface area (Å²) in [5.74, 6) is 1.64. The molecule has 0 aromatic rings. The van der Waals surface area contributed by atoms with Crippen molar-refractivity contribution < 1.29 is 5.11 Å². The molecule has 0 bridgehead atoms. The number of aliphatic hydroxyl groups is 1. The standard InChI is InChI=1S/C16H32N2O/c1-3-8-17-15-10-13(7-9-19)11-18(12-15)16(4-2)14-5-6-14/h13-17,19H,3-12H2,1-2H3. The molecule has 3 unspecified atom stereocenters. The third kappa shape index (κ3) is 4.44. The predicted molar refractivity (Wildman–Crippen MR) is 80.3 cm³/mol. The van der Waals surface area contributed by atoms with Crippen LogP contribution in [-0.2, 0) is 0 Å². The molecule has 2 aliphatic rings. The van der Waals surface area contributed by atoms with E-state index in [1.54, 1.807) is 0 Å². The average molecular weight is 268 g/mol. The van der Waals surface area contributed by atoms with Crippen LogP contribution in [0.5, 0.6) is 0 Å².